The van der Waals surface area contributed by atoms with E-state index in [0.717, 1.165) is 25.2 Å². The highest BCUT2D eigenvalue weighted by molar-refractivity contribution is 5.71. The van der Waals surface area contributed by atoms with E-state index in [0.29, 0.717) is 6.61 Å². The Labute approximate surface area is 88.0 Å². The van der Waals surface area contributed by atoms with Crippen LogP contribution in [0, 0.1) is 11.8 Å². The van der Waals surface area contributed by atoms with Crippen molar-refractivity contribution in [2.45, 2.75) is 53.4 Å². The number of hydrogen-bond acceptors (Lipinski definition) is 2. The molecule has 2 atom stereocenters. The van der Waals surface area contributed by atoms with E-state index >= 15 is 0 Å². The first-order chi connectivity index (χ1) is 6.61. The molecule has 0 radical (unpaired) electrons. The minimum Gasteiger partial charge on any atom is -0.465 e. The predicted octanol–water partition coefficient (Wildman–Crippen LogP) is 3.40. The Morgan fingerprint density at radius 1 is 1.21 bits per heavy atom. The molecule has 0 rings (SSSR count). The quantitative estimate of drug-likeness (QED) is 0.465. The van der Waals surface area contributed by atoms with Crippen LogP contribution in [0.2, 0.25) is 0 Å². The summed E-state index contributed by atoms with van der Waals surface area (Å²) in [5.41, 5.74) is 0. The molecule has 0 aliphatic rings. The second-order valence-electron chi connectivity index (χ2n) is 4.13. The molecule has 2 heteroatoms. The maximum Gasteiger partial charge on any atom is 0.308 e. The fraction of sp³-hybridized carbons (Fsp3) is 0.917. The van der Waals surface area contributed by atoms with Gasteiger partial charge in [0.15, 0.2) is 0 Å². The molecule has 2 nitrogen and oxygen atoms in total. The van der Waals surface area contributed by atoms with Crippen molar-refractivity contribution in [2.24, 2.45) is 11.8 Å². The number of carbonyl (C=O) groups is 1. The summed E-state index contributed by atoms with van der Waals surface area (Å²) < 4.78 is 5.15. The first kappa shape index (κ1) is 13.5. The third-order valence-corrected chi connectivity index (χ3v) is 2.80. The monoisotopic (exact) mass is 200 g/mol. The van der Waals surface area contributed by atoms with E-state index in [-0.39, 0.29) is 11.9 Å². The van der Waals surface area contributed by atoms with E-state index in [9.17, 15) is 4.79 Å². The zero-order chi connectivity index (χ0) is 11.0. The van der Waals surface area contributed by atoms with Gasteiger partial charge in [0.2, 0.25) is 0 Å². The lowest BCUT2D eigenvalue weighted by molar-refractivity contribution is -0.148. The van der Waals surface area contributed by atoms with Gasteiger partial charge in [-0.3, -0.25) is 4.79 Å². The van der Waals surface area contributed by atoms with E-state index in [1.165, 1.54) is 6.42 Å². The molecule has 0 amide bonds. The van der Waals surface area contributed by atoms with E-state index in [1.54, 1.807) is 0 Å². The van der Waals surface area contributed by atoms with Crippen molar-refractivity contribution in [1.29, 1.82) is 0 Å². The Hall–Kier alpha value is -0.530. The molecular weight excluding hydrogens is 176 g/mol. The third kappa shape index (κ3) is 6.01. The molecule has 0 heterocycles. The maximum atomic E-state index is 11.3. The molecule has 0 saturated carbocycles. The van der Waals surface area contributed by atoms with Crippen LogP contribution in [0.4, 0.5) is 0 Å². The Morgan fingerprint density at radius 3 is 2.36 bits per heavy atom. The molecule has 14 heavy (non-hydrogen) atoms. The molecule has 0 spiro atoms. The lowest BCUT2D eigenvalue weighted by Crippen LogP contribution is -2.14. The molecule has 0 aromatic rings. The third-order valence-electron chi connectivity index (χ3n) is 2.80. The van der Waals surface area contributed by atoms with E-state index in [2.05, 4.69) is 13.8 Å². The number of hydrogen-bond donors (Lipinski definition) is 0. The summed E-state index contributed by atoms with van der Waals surface area (Å²) in [6, 6.07) is 0. The Balaban J connectivity index is 3.40. The van der Waals surface area contributed by atoms with Gasteiger partial charge in [0.05, 0.1) is 12.5 Å². The fourth-order valence-corrected chi connectivity index (χ4v) is 1.12. The predicted molar refractivity (Wildman–Crippen MR) is 59.1 cm³/mol. The number of esters is 1. The minimum absolute atomic E-state index is 0.0448. The van der Waals surface area contributed by atoms with Crippen LogP contribution in [0.15, 0.2) is 0 Å². The lowest BCUT2D eigenvalue weighted by atomic mass is 10.0. The highest BCUT2D eigenvalue weighted by Crippen LogP contribution is 2.10. The Bertz CT molecular complexity index is 154. The van der Waals surface area contributed by atoms with E-state index < -0.39 is 0 Å². The van der Waals surface area contributed by atoms with E-state index in [4.69, 9.17) is 4.74 Å². The summed E-state index contributed by atoms with van der Waals surface area (Å²) in [6.07, 6.45) is 4.23. The maximum absolute atomic E-state index is 11.3. The van der Waals surface area contributed by atoms with Crippen molar-refractivity contribution in [2.75, 3.05) is 6.61 Å². The molecule has 0 aliphatic carbocycles. The first-order valence-electron chi connectivity index (χ1n) is 5.78. The zero-order valence-corrected chi connectivity index (χ0v) is 10.0. The molecular formula is C12H24O2. The van der Waals surface area contributed by atoms with Gasteiger partial charge in [-0.15, -0.1) is 0 Å². The normalized spacial score (nSPS) is 14.9. The summed E-state index contributed by atoms with van der Waals surface area (Å²) >= 11 is 0. The van der Waals surface area contributed by atoms with Crippen LogP contribution in [0.3, 0.4) is 0 Å². The van der Waals surface area contributed by atoms with Crippen LogP contribution in [0.25, 0.3) is 0 Å². The fourth-order valence-electron chi connectivity index (χ4n) is 1.12. The molecule has 0 bridgehead atoms. The molecule has 84 valence electrons. The zero-order valence-electron chi connectivity index (χ0n) is 10.0. The molecule has 0 N–H and O–H groups in total. The molecule has 0 aromatic heterocycles. The lowest BCUT2D eigenvalue weighted by Gasteiger charge is -2.10. The van der Waals surface area contributed by atoms with E-state index in [1.807, 2.05) is 13.8 Å². The SMILES string of the molecule is CCC(C)CCCOC(=O)C(C)CC. The highest BCUT2D eigenvalue weighted by atomic mass is 16.5. The van der Waals surface area contributed by atoms with Gasteiger partial charge >= 0.3 is 5.97 Å². The highest BCUT2D eigenvalue weighted by Gasteiger charge is 2.11. The topological polar surface area (TPSA) is 26.3 Å². The van der Waals surface area contributed by atoms with Crippen LogP contribution in [0.5, 0.6) is 0 Å². The molecule has 0 aromatic carbocycles. The number of carbonyl (C=O) groups excluding carboxylic acids is 1. The van der Waals surface area contributed by atoms with Crippen molar-refractivity contribution >= 4 is 5.97 Å². The van der Waals surface area contributed by atoms with Crippen LogP contribution < -0.4 is 0 Å². The Kier molecular flexibility index (Phi) is 7.54. The van der Waals surface area contributed by atoms with Gasteiger partial charge in [-0.2, -0.15) is 0 Å². The van der Waals surface area contributed by atoms with Crippen LogP contribution >= 0.6 is 0 Å². The van der Waals surface area contributed by atoms with Crippen LogP contribution in [-0.4, -0.2) is 12.6 Å². The molecule has 0 saturated heterocycles. The van der Waals surface area contributed by atoms with Crippen molar-refractivity contribution < 1.29 is 9.53 Å². The van der Waals surface area contributed by atoms with Gasteiger partial charge in [0, 0.05) is 0 Å². The van der Waals surface area contributed by atoms with Crippen molar-refractivity contribution in [1.82, 2.24) is 0 Å². The van der Waals surface area contributed by atoms with Gasteiger partial charge in [-0.25, -0.2) is 0 Å². The van der Waals surface area contributed by atoms with Crippen LogP contribution in [0.1, 0.15) is 53.4 Å². The summed E-state index contributed by atoms with van der Waals surface area (Å²) in [5, 5.41) is 0. The summed E-state index contributed by atoms with van der Waals surface area (Å²) in [7, 11) is 0. The van der Waals surface area contributed by atoms with Gasteiger partial charge in [-0.05, 0) is 25.2 Å². The number of rotatable bonds is 7. The Morgan fingerprint density at radius 2 is 1.86 bits per heavy atom. The second kappa shape index (κ2) is 7.84. The summed E-state index contributed by atoms with van der Waals surface area (Å²) in [4.78, 5) is 11.3. The van der Waals surface area contributed by atoms with Gasteiger partial charge in [0.1, 0.15) is 0 Å². The largest absolute Gasteiger partial charge is 0.465 e. The smallest absolute Gasteiger partial charge is 0.308 e. The average Bonchev–Trinajstić information content (AvgIpc) is 2.22. The van der Waals surface area contributed by atoms with Crippen molar-refractivity contribution in [3.8, 4) is 0 Å². The molecule has 0 aliphatic heterocycles. The van der Waals surface area contributed by atoms with Crippen molar-refractivity contribution in [3.05, 3.63) is 0 Å². The summed E-state index contributed by atoms with van der Waals surface area (Å²) in [5.74, 6) is 0.757. The van der Waals surface area contributed by atoms with Crippen molar-refractivity contribution in [3.63, 3.8) is 0 Å². The number of ether oxygens (including phenoxy) is 1. The minimum atomic E-state index is -0.0448. The summed E-state index contributed by atoms with van der Waals surface area (Å²) in [6.45, 7) is 8.93. The average molecular weight is 200 g/mol. The molecule has 0 fully saturated rings. The first-order valence-corrected chi connectivity index (χ1v) is 5.78. The van der Waals surface area contributed by atoms with Crippen LogP contribution in [-0.2, 0) is 9.53 Å². The van der Waals surface area contributed by atoms with Gasteiger partial charge in [0.25, 0.3) is 0 Å². The molecule has 2 unspecified atom stereocenters. The van der Waals surface area contributed by atoms with Gasteiger partial charge in [-0.1, -0.05) is 34.1 Å². The second-order valence-corrected chi connectivity index (χ2v) is 4.13. The van der Waals surface area contributed by atoms with Gasteiger partial charge < -0.3 is 4.74 Å². The standard InChI is InChI=1S/C12H24O2/c1-5-10(3)8-7-9-14-12(13)11(4)6-2/h10-11H,5-9H2,1-4H3.